The molecule has 0 amide bonds. The first kappa shape index (κ1) is 18.1. The van der Waals surface area contributed by atoms with Gasteiger partial charge in [0.2, 0.25) is 7.14 Å². The zero-order valence-electron chi connectivity index (χ0n) is 11.5. The molecule has 0 saturated carbocycles. The second-order valence-corrected chi connectivity index (χ2v) is 8.79. The van der Waals surface area contributed by atoms with Crippen molar-refractivity contribution in [1.29, 1.82) is 0 Å². The van der Waals surface area contributed by atoms with E-state index >= 15 is 0 Å². The fraction of sp³-hybridized carbons (Fsp3) is 0.143. The van der Waals surface area contributed by atoms with E-state index in [2.05, 4.69) is 25.1 Å². The topological polar surface area (TPSA) is 57.2 Å². The van der Waals surface area contributed by atoms with Crippen LogP contribution in [0.1, 0.15) is 5.56 Å². The summed E-state index contributed by atoms with van der Waals surface area (Å²) in [5, 5.41) is 0. The summed E-state index contributed by atoms with van der Waals surface area (Å²) >= 11 is -0.0934. The number of fused-ring (bicyclic) bond motifs is 3. The maximum absolute atomic E-state index is 13.2. The van der Waals surface area contributed by atoms with Crippen molar-refractivity contribution in [2.45, 2.75) is 12.4 Å². The molecule has 2 aromatic carbocycles. The molecule has 0 spiro atoms. The molecule has 0 aliphatic carbocycles. The monoisotopic (exact) mass is 460 g/mol. The molecule has 9 heteroatoms. The van der Waals surface area contributed by atoms with E-state index in [9.17, 15) is 17.6 Å². The largest absolute Gasteiger partial charge is 0.741 e. The number of hydrogen-bond donors (Lipinski definition) is 0. The zero-order valence-corrected chi connectivity index (χ0v) is 14.5. The third kappa shape index (κ3) is 4.01. The second kappa shape index (κ2) is 6.36. The van der Waals surface area contributed by atoms with Crippen LogP contribution in [-0.4, -0.2) is 18.5 Å². The fourth-order valence-corrected chi connectivity index (χ4v) is 5.01. The molecule has 2 aromatic rings. The second-order valence-electron chi connectivity index (χ2n) is 4.55. The molecule has 1 heterocycles. The van der Waals surface area contributed by atoms with Crippen molar-refractivity contribution < 1.29 is 51.7 Å². The summed E-state index contributed by atoms with van der Waals surface area (Å²) in [6, 6.07) is 11.6. The average Bonchev–Trinajstić information content (AvgIpc) is 2.76. The average molecular weight is 460 g/mol. The third-order valence-electron chi connectivity index (χ3n) is 2.91. The molecule has 124 valence electrons. The van der Waals surface area contributed by atoms with Crippen LogP contribution in [0.25, 0.3) is 11.1 Å². The number of benzene rings is 2. The highest BCUT2D eigenvalue weighted by Crippen LogP contribution is 2.26. The van der Waals surface area contributed by atoms with Crippen LogP contribution < -0.4 is 21.2 Å². The van der Waals surface area contributed by atoms with Crippen molar-refractivity contribution in [1.82, 2.24) is 0 Å². The molecule has 3 rings (SSSR count). The summed E-state index contributed by atoms with van der Waals surface area (Å²) in [7, 11) is -6.09. The van der Waals surface area contributed by atoms with Gasteiger partial charge in [-0.15, -0.1) is 0 Å². The Balaban J connectivity index is 0.000000207. The number of aryl methyl sites for hydroxylation is 1. The van der Waals surface area contributed by atoms with Crippen LogP contribution in [-0.2, 0) is 10.1 Å². The van der Waals surface area contributed by atoms with Crippen molar-refractivity contribution >= 4 is 10.1 Å². The molecule has 0 bridgehead atoms. The quantitative estimate of drug-likeness (QED) is 0.210. The SMILES string of the molecule is Cc1cccc2c1-c1cc(F)ccc1[I+]2.O=S(=O)([O-])C(F)(F)F. The van der Waals surface area contributed by atoms with Crippen molar-refractivity contribution in [3.63, 3.8) is 0 Å². The lowest BCUT2D eigenvalue weighted by molar-refractivity contribution is -0.589. The summed E-state index contributed by atoms with van der Waals surface area (Å²) in [5.74, 6) is -0.131. The van der Waals surface area contributed by atoms with E-state index in [1.807, 2.05) is 6.07 Å². The molecule has 0 fully saturated rings. The van der Waals surface area contributed by atoms with Gasteiger partial charge in [0.1, 0.15) is 5.82 Å². The van der Waals surface area contributed by atoms with E-state index in [-0.39, 0.29) is 27.0 Å². The van der Waals surface area contributed by atoms with Crippen LogP contribution in [0.4, 0.5) is 17.6 Å². The number of alkyl halides is 3. The molecule has 0 unspecified atom stereocenters. The van der Waals surface area contributed by atoms with Gasteiger partial charge >= 0.3 is 26.7 Å². The third-order valence-corrected chi connectivity index (χ3v) is 6.48. The number of rotatable bonds is 0. The van der Waals surface area contributed by atoms with Crippen LogP contribution in [0.2, 0.25) is 0 Å². The minimum Gasteiger partial charge on any atom is -0.741 e. The Hall–Kier alpha value is -1.20. The van der Waals surface area contributed by atoms with Crippen LogP contribution in [0.3, 0.4) is 0 Å². The van der Waals surface area contributed by atoms with Gasteiger partial charge in [-0.1, -0.05) is 12.1 Å². The summed E-state index contributed by atoms with van der Waals surface area (Å²) in [4.78, 5) is 0. The molecule has 1 aliphatic rings. The number of hydrogen-bond acceptors (Lipinski definition) is 3. The first-order valence-electron chi connectivity index (χ1n) is 6.07. The molecule has 0 aromatic heterocycles. The van der Waals surface area contributed by atoms with Crippen molar-refractivity contribution in [2.75, 3.05) is 0 Å². The van der Waals surface area contributed by atoms with Crippen molar-refractivity contribution in [2.24, 2.45) is 0 Å². The first-order valence-corrected chi connectivity index (χ1v) is 9.64. The predicted molar refractivity (Wildman–Crippen MR) is 69.7 cm³/mol. The summed E-state index contributed by atoms with van der Waals surface area (Å²) in [6.07, 6.45) is 0. The maximum atomic E-state index is 13.2. The normalized spacial score (nSPS) is 13.0. The molecule has 0 atom stereocenters. The van der Waals surface area contributed by atoms with E-state index in [1.165, 1.54) is 18.3 Å². The molecule has 1 aliphatic heterocycles. The first-order chi connectivity index (χ1) is 10.5. The van der Waals surface area contributed by atoms with E-state index in [0.29, 0.717) is 0 Å². The van der Waals surface area contributed by atoms with Gasteiger partial charge < -0.3 is 4.55 Å². The lowest BCUT2D eigenvalue weighted by Crippen LogP contribution is -3.61. The van der Waals surface area contributed by atoms with Gasteiger partial charge in [-0.3, -0.25) is 0 Å². The fourth-order valence-electron chi connectivity index (χ4n) is 1.93. The molecular weight excluding hydrogens is 451 g/mol. The molecule has 0 N–H and O–H groups in total. The Kier molecular flexibility index (Phi) is 5.02. The van der Waals surface area contributed by atoms with Gasteiger partial charge in [0.15, 0.2) is 10.1 Å². The predicted octanol–water partition coefficient (Wildman–Crippen LogP) is 0.294. The van der Waals surface area contributed by atoms with E-state index in [1.54, 1.807) is 12.1 Å². The highest BCUT2D eigenvalue weighted by atomic mass is 127. The maximum Gasteiger partial charge on any atom is 0.485 e. The van der Waals surface area contributed by atoms with E-state index in [0.717, 1.165) is 5.56 Å². The minimum atomic E-state index is -6.09. The lowest BCUT2D eigenvalue weighted by atomic mass is 10.0. The Labute approximate surface area is 140 Å². The molecule has 0 radical (unpaired) electrons. The van der Waals surface area contributed by atoms with Gasteiger partial charge in [-0.2, -0.15) is 13.2 Å². The Morgan fingerprint density at radius 3 is 2.26 bits per heavy atom. The van der Waals surface area contributed by atoms with Crippen LogP contribution in [0.15, 0.2) is 36.4 Å². The summed E-state index contributed by atoms with van der Waals surface area (Å²) in [5.41, 5.74) is -1.99. The Morgan fingerprint density at radius 2 is 1.70 bits per heavy atom. The van der Waals surface area contributed by atoms with Gasteiger partial charge in [0.25, 0.3) is 0 Å². The van der Waals surface area contributed by atoms with Gasteiger partial charge in [-0.25, -0.2) is 12.8 Å². The Bertz CT molecular complexity index is 848. The number of halogens is 5. The standard InChI is InChI=1S/C13H9FI.CHF3O3S/c1-8-3-2-4-12-13(8)10-7-9(14)5-6-11(10)15-12;2-1(3,4)8(5,6)7/h2-7H,1H3;(H,5,6,7)/q+1;/p-1. The van der Waals surface area contributed by atoms with Crippen LogP contribution >= 0.6 is 0 Å². The Morgan fingerprint density at radius 1 is 1.09 bits per heavy atom. The van der Waals surface area contributed by atoms with Gasteiger partial charge in [0, 0.05) is 11.1 Å². The smallest absolute Gasteiger partial charge is 0.485 e. The molecule has 0 saturated heterocycles. The van der Waals surface area contributed by atoms with Crippen molar-refractivity contribution in [3.8, 4) is 11.1 Å². The minimum absolute atomic E-state index is 0.0934. The summed E-state index contributed by atoms with van der Waals surface area (Å²) in [6.45, 7) is 2.10. The van der Waals surface area contributed by atoms with E-state index < -0.39 is 15.6 Å². The van der Waals surface area contributed by atoms with Crippen molar-refractivity contribution in [3.05, 3.63) is 54.9 Å². The molecule has 3 nitrogen and oxygen atoms in total. The highest BCUT2D eigenvalue weighted by Gasteiger charge is 2.37. The molecule has 23 heavy (non-hydrogen) atoms. The van der Waals surface area contributed by atoms with Crippen LogP contribution in [0, 0.1) is 19.9 Å². The lowest BCUT2D eigenvalue weighted by Gasteiger charge is -2.08. The van der Waals surface area contributed by atoms with Gasteiger partial charge in [0.05, 0.1) is 0 Å². The zero-order chi connectivity index (χ0) is 17.4. The van der Waals surface area contributed by atoms with Gasteiger partial charge in [-0.05, 0) is 36.8 Å². The van der Waals surface area contributed by atoms with Crippen LogP contribution in [0.5, 0.6) is 0 Å². The highest BCUT2D eigenvalue weighted by molar-refractivity contribution is 7.86. The summed E-state index contributed by atoms with van der Waals surface area (Å²) < 4.78 is 74.9. The van der Waals surface area contributed by atoms with E-state index in [4.69, 9.17) is 13.0 Å². The molecular formula is C14H9F4IO3S.